The minimum absolute atomic E-state index is 0.0236. The predicted octanol–water partition coefficient (Wildman–Crippen LogP) is 1.99. The van der Waals surface area contributed by atoms with Crippen LogP contribution in [-0.4, -0.2) is 48.2 Å². The first-order valence-corrected chi connectivity index (χ1v) is 6.23. The fraction of sp³-hybridized carbons (Fsp3) is 0.846. The monoisotopic (exact) mass is 257 g/mol. The standard InChI is InChI=1S/C13H23NO4/c1-12(2,3)18-11(16)14-8-6-7-13(14,4)10(15)9-17-5/h6-9H2,1-5H3. The van der Waals surface area contributed by atoms with E-state index in [9.17, 15) is 9.59 Å². The van der Waals surface area contributed by atoms with Gasteiger partial charge in [-0.3, -0.25) is 9.69 Å². The van der Waals surface area contributed by atoms with Crippen LogP contribution in [0.15, 0.2) is 0 Å². The topological polar surface area (TPSA) is 55.8 Å². The second-order valence-corrected chi connectivity index (χ2v) is 5.87. The lowest BCUT2D eigenvalue weighted by Gasteiger charge is -2.35. The lowest BCUT2D eigenvalue weighted by Crippen LogP contribution is -2.53. The second kappa shape index (κ2) is 5.26. The Morgan fingerprint density at radius 3 is 2.44 bits per heavy atom. The Morgan fingerprint density at radius 2 is 1.94 bits per heavy atom. The van der Waals surface area contributed by atoms with Gasteiger partial charge in [-0.1, -0.05) is 0 Å². The largest absolute Gasteiger partial charge is 0.444 e. The number of carbonyl (C=O) groups excluding carboxylic acids is 2. The van der Waals surface area contributed by atoms with E-state index in [-0.39, 0.29) is 12.4 Å². The van der Waals surface area contributed by atoms with Gasteiger partial charge in [-0.25, -0.2) is 4.79 Å². The van der Waals surface area contributed by atoms with Crippen molar-refractivity contribution in [3.63, 3.8) is 0 Å². The molecule has 0 N–H and O–H groups in total. The molecule has 0 aromatic rings. The molecule has 0 radical (unpaired) electrons. The molecule has 1 unspecified atom stereocenters. The van der Waals surface area contributed by atoms with Gasteiger partial charge in [0.2, 0.25) is 0 Å². The molecule has 5 nitrogen and oxygen atoms in total. The minimum Gasteiger partial charge on any atom is -0.444 e. The number of ether oxygens (including phenoxy) is 2. The fourth-order valence-corrected chi connectivity index (χ4v) is 2.15. The first-order valence-electron chi connectivity index (χ1n) is 6.23. The van der Waals surface area contributed by atoms with Crippen molar-refractivity contribution >= 4 is 11.9 Å². The molecule has 0 saturated carbocycles. The van der Waals surface area contributed by atoms with E-state index < -0.39 is 17.2 Å². The molecule has 104 valence electrons. The molecule has 0 bridgehead atoms. The van der Waals surface area contributed by atoms with E-state index in [4.69, 9.17) is 9.47 Å². The SMILES string of the molecule is COCC(=O)C1(C)CCCN1C(=O)OC(C)(C)C. The number of rotatable bonds is 3. The number of likely N-dealkylation sites (tertiary alicyclic amines) is 1. The van der Waals surface area contributed by atoms with Gasteiger partial charge in [-0.15, -0.1) is 0 Å². The van der Waals surface area contributed by atoms with Gasteiger partial charge in [0.25, 0.3) is 0 Å². The van der Waals surface area contributed by atoms with Gasteiger partial charge in [0, 0.05) is 13.7 Å². The Bertz CT molecular complexity index is 334. The highest BCUT2D eigenvalue weighted by molar-refractivity contribution is 5.92. The molecule has 1 aliphatic rings. The summed E-state index contributed by atoms with van der Waals surface area (Å²) in [5.41, 5.74) is -1.34. The lowest BCUT2D eigenvalue weighted by molar-refractivity contribution is -0.132. The zero-order chi connectivity index (χ0) is 14.0. The summed E-state index contributed by atoms with van der Waals surface area (Å²) in [6.45, 7) is 7.81. The molecule has 18 heavy (non-hydrogen) atoms. The van der Waals surface area contributed by atoms with Crippen molar-refractivity contribution in [2.45, 2.75) is 51.7 Å². The van der Waals surface area contributed by atoms with Gasteiger partial charge < -0.3 is 9.47 Å². The van der Waals surface area contributed by atoms with Gasteiger partial charge in [0.05, 0.1) is 0 Å². The number of hydrogen-bond donors (Lipinski definition) is 0. The van der Waals surface area contributed by atoms with Crippen LogP contribution in [0.25, 0.3) is 0 Å². The van der Waals surface area contributed by atoms with Crippen LogP contribution in [0.5, 0.6) is 0 Å². The van der Waals surface area contributed by atoms with Gasteiger partial charge >= 0.3 is 6.09 Å². The van der Waals surface area contributed by atoms with E-state index in [0.717, 1.165) is 6.42 Å². The van der Waals surface area contributed by atoms with E-state index in [1.165, 1.54) is 12.0 Å². The molecule has 0 spiro atoms. The Balaban J connectivity index is 2.81. The zero-order valence-corrected chi connectivity index (χ0v) is 11.9. The first-order chi connectivity index (χ1) is 8.20. The predicted molar refractivity (Wildman–Crippen MR) is 67.5 cm³/mol. The molecule has 1 heterocycles. The maximum Gasteiger partial charge on any atom is 0.411 e. The van der Waals surface area contributed by atoms with Crippen LogP contribution >= 0.6 is 0 Å². The van der Waals surface area contributed by atoms with Crippen LogP contribution < -0.4 is 0 Å². The maximum absolute atomic E-state index is 12.1. The van der Waals surface area contributed by atoms with E-state index in [2.05, 4.69) is 0 Å². The lowest BCUT2D eigenvalue weighted by atomic mass is 9.94. The van der Waals surface area contributed by atoms with Crippen molar-refractivity contribution < 1.29 is 19.1 Å². The van der Waals surface area contributed by atoms with Crippen LogP contribution in [0, 0.1) is 0 Å². The Hall–Kier alpha value is -1.10. The molecule has 0 aliphatic carbocycles. The average molecular weight is 257 g/mol. The van der Waals surface area contributed by atoms with Gasteiger partial charge in [0.15, 0.2) is 5.78 Å². The number of nitrogens with zero attached hydrogens (tertiary/aromatic N) is 1. The molecular formula is C13H23NO4. The van der Waals surface area contributed by atoms with Crippen molar-refractivity contribution in [3.05, 3.63) is 0 Å². The van der Waals surface area contributed by atoms with Crippen molar-refractivity contribution in [3.8, 4) is 0 Å². The molecule has 5 heteroatoms. The summed E-state index contributed by atoms with van der Waals surface area (Å²) in [6.07, 6.45) is 1.05. The minimum atomic E-state index is -0.793. The molecule has 1 aliphatic heterocycles. The number of hydrogen-bond acceptors (Lipinski definition) is 4. The highest BCUT2D eigenvalue weighted by atomic mass is 16.6. The summed E-state index contributed by atoms with van der Waals surface area (Å²) < 4.78 is 10.2. The third-order valence-electron chi connectivity index (χ3n) is 3.13. The molecule has 0 aromatic heterocycles. The number of amides is 1. The molecule has 1 fully saturated rings. The summed E-state index contributed by atoms with van der Waals surface area (Å²) in [5.74, 6) is -0.0756. The van der Waals surface area contributed by atoms with Crippen molar-refractivity contribution in [1.82, 2.24) is 4.90 Å². The summed E-state index contributed by atoms with van der Waals surface area (Å²) >= 11 is 0. The van der Waals surface area contributed by atoms with E-state index in [1.54, 1.807) is 6.92 Å². The van der Waals surface area contributed by atoms with Crippen molar-refractivity contribution in [2.75, 3.05) is 20.3 Å². The van der Waals surface area contributed by atoms with Crippen LogP contribution in [0.4, 0.5) is 4.79 Å². The van der Waals surface area contributed by atoms with Crippen LogP contribution in [-0.2, 0) is 14.3 Å². The van der Waals surface area contributed by atoms with Gasteiger partial charge in [-0.05, 0) is 40.5 Å². The normalized spacial score (nSPS) is 24.2. The number of Topliss-reactive ketones (excluding diaryl/α,β-unsaturated/α-hetero) is 1. The zero-order valence-electron chi connectivity index (χ0n) is 11.9. The third-order valence-corrected chi connectivity index (χ3v) is 3.13. The van der Waals surface area contributed by atoms with Crippen LogP contribution in [0.1, 0.15) is 40.5 Å². The van der Waals surface area contributed by atoms with E-state index in [0.29, 0.717) is 13.0 Å². The quantitative estimate of drug-likeness (QED) is 0.776. The molecule has 1 rings (SSSR count). The average Bonchev–Trinajstić information content (AvgIpc) is 2.59. The summed E-state index contributed by atoms with van der Waals surface area (Å²) in [5, 5.41) is 0. The highest BCUT2D eigenvalue weighted by Gasteiger charge is 2.46. The third kappa shape index (κ3) is 3.22. The Morgan fingerprint density at radius 1 is 1.33 bits per heavy atom. The smallest absolute Gasteiger partial charge is 0.411 e. The first kappa shape index (κ1) is 15.0. The number of methoxy groups -OCH3 is 1. The van der Waals surface area contributed by atoms with Crippen LogP contribution in [0.3, 0.4) is 0 Å². The molecule has 1 saturated heterocycles. The van der Waals surface area contributed by atoms with Gasteiger partial charge in [0.1, 0.15) is 17.7 Å². The molecule has 1 atom stereocenters. The molecule has 0 aromatic carbocycles. The maximum atomic E-state index is 12.1. The van der Waals surface area contributed by atoms with Crippen LogP contribution in [0.2, 0.25) is 0 Å². The highest BCUT2D eigenvalue weighted by Crippen LogP contribution is 2.31. The van der Waals surface area contributed by atoms with E-state index in [1.807, 2.05) is 20.8 Å². The Kier molecular flexibility index (Phi) is 4.37. The molecule has 1 amide bonds. The summed E-state index contributed by atoms with van der Waals surface area (Å²) in [7, 11) is 1.48. The van der Waals surface area contributed by atoms with Gasteiger partial charge in [-0.2, -0.15) is 0 Å². The molecular weight excluding hydrogens is 234 g/mol. The van der Waals surface area contributed by atoms with Crippen molar-refractivity contribution in [1.29, 1.82) is 0 Å². The van der Waals surface area contributed by atoms with Crippen molar-refractivity contribution in [2.24, 2.45) is 0 Å². The van der Waals surface area contributed by atoms with E-state index >= 15 is 0 Å². The second-order valence-electron chi connectivity index (χ2n) is 5.87. The Labute approximate surface area is 108 Å². The summed E-state index contributed by atoms with van der Waals surface area (Å²) in [6, 6.07) is 0. The summed E-state index contributed by atoms with van der Waals surface area (Å²) in [4.78, 5) is 25.7. The fourth-order valence-electron chi connectivity index (χ4n) is 2.15. The number of carbonyl (C=O) groups is 2. The number of ketones is 1.